The second kappa shape index (κ2) is 5.59. The maximum absolute atomic E-state index is 14.2. The number of fused-ring (bicyclic) bond motifs is 1. The fourth-order valence-corrected chi connectivity index (χ4v) is 4.08. The van der Waals surface area contributed by atoms with E-state index in [1.54, 1.807) is 24.3 Å². The molecule has 3 nitrogen and oxygen atoms in total. The Bertz CT molecular complexity index is 829. The van der Waals surface area contributed by atoms with E-state index in [0.29, 0.717) is 30.6 Å². The number of carbonyl (C=O) groups is 1. The van der Waals surface area contributed by atoms with Crippen molar-refractivity contribution in [2.24, 2.45) is 0 Å². The van der Waals surface area contributed by atoms with Crippen molar-refractivity contribution in [2.75, 3.05) is 0 Å². The molecule has 0 amide bonds. The van der Waals surface area contributed by atoms with Gasteiger partial charge in [-0.3, -0.25) is 4.79 Å². The molecule has 4 rings (SSSR count). The lowest BCUT2D eigenvalue weighted by Gasteiger charge is -2.18. The van der Waals surface area contributed by atoms with Gasteiger partial charge in [-0.2, -0.15) is 0 Å². The van der Waals surface area contributed by atoms with Crippen LogP contribution in [0, 0.1) is 5.82 Å². The van der Waals surface area contributed by atoms with Crippen LogP contribution in [0.15, 0.2) is 40.9 Å². The molecule has 5 heteroatoms. The Kier molecular flexibility index (Phi) is 3.64. The standard InChI is InChI=1S/C19H16BrFO3/c20-14-5-6-15(21)17-13(14)4-7-16(17)24-12-3-1-2-11(10-12)19(8-9-19)18(22)23/h1-3,5-6,10,16H,4,7-9H2,(H,22,23)/t16-/m1/s1. The van der Waals surface area contributed by atoms with Crippen molar-refractivity contribution in [1.82, 2.24) is 0 Å². The highest BCUT2D eigenvalue weighted by Crippen LogP contribution is 2.49. The lowest BCUT2D eigenvalue weighted by molar-refractivity contribution is -0.140. The van der Waals surface area contributed by atoms with Gasteiger partial charge in [0.2, 0.25) is 0 Å². The predicted octanol–water partition coefficient (Wildman–Crippen LogP) is 4.77. The molecule has 1 atom stereocenters. The van der Waals surface area contributed by atoms with Gasteiger partial charge in [0, 0.05) is 10.0 Å². The Morgan fingerprint density at radius 2 is 2.08 bits per heavy atom. The zero-order valence-electron chi connectivity index (χ0n) is 12.9. The molecule has 0 spiro atoms. The molecule has 0 radical (unpaired) electrons. The zero-order valence-corrected chi connectivity index (χ0v) is 14.5. The lowest BCUT2D eigenvalue weighted by atomic mass is 9.96. The number of carboxylic acids is 1. The topological polar surface area (TPSA) is 46.5 Å². The van der Waals surface area contributed by atoms with E-state index in [1.165, 1.54) is 6.07 Å². The third-order valence-corrected chi connectivity index (χ3v) is 5.79. The summed E-state index contributed by atoms with van der Waals surface area (Å²) in [5.74, 6) is -0.450. The quantitative estimate of drug-likeness (QED) is 0.817. The van der Waals surface area contributed by atoms with E-state index in [1.807, 2.05) is 6.07 Å². The highest BCUT2D eigenvalue weighted by molar-refractivity contribution is 9.10. The van der Waals surface area contributed by atoms with Crippen molar-refractivity contribution in [1.29, 1.82) is 0 Å². The Morgan fingerprint density at radius 3 is 2.79 bits per heavy atom. The monoisotopic (exact) mass is 390 g/mol. The van der Waals surface area contributed by atoms with E-state index in [2.05, 4.69) is 15.9 Å². The number of aliphatic carboxylic acids is 1. The summed E-state index contributed by atoms with van der Waals surface area (Å²) >= 11 is 3.47. The molecule has 124 valence electrons. The average molecular weight is 391 g/mol. The highest BCUT2D eigenvalue weighted by atomic mass is 79.9. The van der Waals surface area contributed by atoms with E-state index in [9.17, 15) is 14.3 Å². The summed E-state index contributed by atoms with van der Waals surface area (Å²) in [6.45, 7) is 0. The van der Waals surface area contributed by atoms with Crippen LogP contribution < -0.4 is 4.74 Å². The van der Waals surface area contributed by atoms with Crippen LogP contribution >= 0.6 is 15.9 Å². The van der Waals surface area contributed by atoms with Crippen LogP contribution in [-0.2, 0) is 16.6 Å². The number of carboxylic acid groups (broad SMARTS) is 1. The molecule has 0 unspecified atom stereocenters. The van der Waals surface area contributed by atoms with Crippen LogP contribution in [0.5, 0.6) is 5.75 Å². The Labute approximate surface area is 147 Å². The summed E-state index contributed by atoms with van der Waals surface area (Å²) in [5.41, 5.74) is 1.57. The minimum absolute atomic E-state index is 0.254. The average Bonchev–Trinajstić information content (AvgIpc) is 3.28. The molecule has 2 aliphatic carbocycles. The predicted molar refractivity (Wildman–Crippen MR) is 90.8 cm³/mol. The number of hydrogen-bond acceptors (Lipinski definition) is 2. The molecule has 0 heterocycles. The third-order valence-electron chi connectivity index (χ3n) is 5.05. The van der Waals surface area contributed by atoms with Crippen LogP contribution in [0.3, 0.4) is 0 Å². The van der Waals surface area contributed by atoms with Crippen molar-refractivity contribution in [3.8, 4) is 5.75 Å². The van der Waals surface area contributed by atoms with Crippen molar-refractivity contribution in [3.05, 3.63) is 63.4 Å². The van der Waals surface area contributed by atoms with Gasteiger partial charge in [0.05, 0.1) is 5.41 Å². The van der Waals surface area contributed by atoms with Gasteiger partial charge >= 0.3 is 5.97 Å². The highest BCUT2D eigenvalue weighted by Gasteiger charge is 2.51. The fraction of sp³-hybridized carbons (Fsp3) is 0.316. The van der Waals surface area contributed by atoms with Gasteiger partial charge in [-0.25, -0.2) is 4.39 Å². The van der Waals surface area contributed by atoms with Crippen LogP contribution in [0.4, 0.5) is 4.39 Å². The van der Waals surface area contributed by atoms with Crippen LogP contribution in [0.1, 0.15) is 42.1 Å². The minimum atomic E-state index is -0.791. The van der Waals surface area contributed by atoms with E-state index in [0.717, 1.165) is 22.0 Å². The fourth-order valence-electron chi connectivity index (χ4n) is 3.53. The zero-order chi connectivity index (χ0) is 16.9. The van der Waals surface area contributed by atoms with Gasteiger partial charge in [-0.15, -0.1) is 0 Å². The molecular formula is C19H16BrFO3. The van der Waals surface area contributed by atoms with Gasteiger partial charge in [-0.05, 0) is 61.1 Å². The van der Waals surface area contributed by atoms with Crippen molar-refractivity contribution in [3.63, 3.8) is 0 Å². The molecule has 24 heavy (non-hydrogen) atoms. The van der Waals surface area contributed by atoms with E-state index < -0.39 is 11.4 Å². The molecule has 1 fully saturated rings. The first-order valence-electron chi connectivity index (χ1n) is 7.99. The van der Waals surface area contributed by atoms with Crippen molar-refractivity contribution in [2.45, 2.75) is 37.2 Å². The summed E-state index contributed by atoms with van der Waals surface area (Å²) in [4.78, 5) is 11.5. The van der Waals surface area contributed by atoms with Crippen LogP contribution in [0.2, 0.25) is 0 Å². The summed E-state index contributed by atoms with van der Waals surface area (Å²) in [7, 11) is 0. The molecule has 2 aromatic rings. The molecule has 0 saturated heterocycles. The van der Waals surface area contributed by atoms with Crippen LogP contribution in [-0.4, -0.2) is 11.1 Å². The molecule has 2 aliphatic rings. The summed E-state index contributed by atoms with van der Waals surface area (Å²) in [5, 5.41) is 9.43. The number of benzene rings is 2. The number of hydrogen-bond donors (Lipinski definition) is 1. The molecule has 0 aromatic heterocycles. The Hall–Kier alpha value is -1.88. The first-order valence-corrected chi connectivity index (χ1v) is 8.78. The third kappa shape index (κ3) is 2.42. The summed E-state index contributed by atoms with van der Waals surface area (Å²) in [6.07, 6.45) is 2.44. The Morgan fingerprint density at radius 1 is 1.29 bits per heavy atom. The number of ether oxygens (including phenoxy) is 1. The lowest BCUT2D eigenvalue weighted by Crippen LogP contribution is -2.19. The second-order valence-electron chi connectivity index (χ2n) is 6.48. The normalized spacial score (nSPS) is 20.5. The SMILES string of the molecule is O=C(O)C1(c2cccc(O[C@@H]3CCc4c(Br)ccc(F)c43)c2)CC1. The summed E-state index contributed by atoms with van der Waals surface area (Å²) < 4.78 is 21.2. The van der Waals surface area contributed by atoms with Gasteiger partial charge in [0.15, 0.2) is 0 Å². The second-order valence-corrected chi connectivity index (χ2v) is 7.34. The van der Waals surface area contributed by atoms with Crippen molar-refractivity contribution < 1.29 is 19.0 Å². The minimum Gasteiger partial charge on any atom is -0.486 e. The molecule has 0 aliphatic heterocycles. The van der Waals surface area contributed by atoms with E-state index >= 15 is 0 Å². The maximum Gasteiger partial charge on any atom is 0.314 e. The summed E-state index contributed by atoms with van der Waals surface area (Å²) in [6, 6.07) is 10.4. The maximum atomic E-state index is 14.2. The first kappa shape index (κ1) is 15.6. The van der Waals surface area contributed by atoms with Gasteiger partial charge in [-0.1, -0.05) is 28.1 Å². The molecule has 2 aromatic carbocycles. The number of rotatable bonds is 4. The molecule has 1 saturated carbocycles. The van der Waals surface area contributed by atoms with Crippen LogP contribution in [0.25, 0.3) is 0 Å². The van der Waals surface area contributed by atoms with Gasteiger partial charge in [0.25, 0.3) is 0 Å². The molecule has 0 bridgehead atoms. The number of halogens is 2. The van der Waals surface area contributed by atoms with Gasteiger partial charge < -0.3 is 9.84 Å². The largest absolute Gasteiger partial charge is 0.486 e. The smallest absolute Gasteiger partial charge is 0.314 e. The van der Waals surface area contributed by atoms with Gasteiger partial charge in [0.1, 0.15) is 17.7 Å². The Balaban J connectivity index is 1.63. The van der Waals surface area contributed by atoms with E-state index in [-0.39, 0.29) is 11.9 Å². The molecular weight excluding hydrogens is 375 g/mol. The van der Waals surface area contributed by atoms with Crippen molar-refractivity contribution >= 4 is 21.9 Å². The van der Waals surface area contributed by atoms with E-state index in [4.69, 9.17) is 4.74 Å². The first-order chi connectivity index (χ1) is 11.5. The molecule has 1 N–H and O–H groups in total.